The predicted octanol–water partition coefficient (Wildman–Crippen LogP) is 3.07. The molecule has 1 saturated heterocycles. The van der Waals surface area contributed by atoms with Crippen molar-refractivity contribution in [2.75, 3.05) is 25.0 Å². The monoisotopic (exact) mass is 300 g/mol. The van der Waals surface area contributed by atoms with Crippen LogP contribution in [-0.4, -0.2) is 32.1 Å². The quantitative estimate of drug-likeness (QED) is 0.663. The third-order valence-corrected chi connectivity index (χ3v) is 4.86. The van der Waals surface area contributed by atoms with E-state index in [2.05, 4.69) is 51.7 Å². The van der Waals surface area contributed by atoms with E-state index < -0.39 is 0 Å². The van der Waals surface area contributed by atoms with Crippen molar-refractivity contribution in [3.63, 3.8) is 0 Å². The highest BCUT2D eigenvalue weighted by Gasteiger charge is 2.19. The molecule has 1 aromatic rings. The highest BCUT2D eigenvalue weighted by molar-refractivity contribution is 5.80. The Morgan fingerprint density at radius 1 is 1.23 bits per heavy atom. The van der Waals surface area contributed by atoms with Crippen molar-refractivity contribution in [1.82, 2.24) is 10.6 Å². The molecule has 4 nitrogen and oxygen atoms in total. The fourth-order valence-electron chi connectivity index (χ4n) is 3.17. The van der Waals surface area contributed by atoms with Gasteiger partial charge >= 0.3 is 0 Å². The first kappa shape index (κ1) is 15.2. The minimum atomic E-state index is 0.258. The summed E-state index contributed by atoms with van der Waals surface area (Å²) < 4.78 is 0. The Hall–Kier alpha value is -1.71. The average molecular weight is 300 g/mol. The van der Waals surface area contributed by atoms with Gasteiger partial charge in [0.25, 0.3) is 0 Å². The van der Waals surface area contributed by atoms with Crippen molar-refractivity contribution >= 4 is 11.6 Å². The van der Waals surface area contributed by atoms with Crippen molar-refractivity contribution in [2.24, 2.45) is 4.99 Å². The van der Waals surface area contributed by atoms with Crippen LogP contribution < -0.4 is 15.5 Å². The Morgan fingerprint density at radius 2 is 2.00 bits per heavy atom. The number of nitrogens with one attached hydrogen (secondary N) is 2. The van der Waals surface area contributed by atoms with E-state index in [1.165, 1.54) is 56.4 Å². The van der Waals surface area contributed by atoms with E-state index in [-0.39, 0.29) is 6.04 Å². The molecule has 1 saturated carbocycles. The van der Waals surface area contributed by atoms with Crippen LogP contribution in [0.1, 0.15) is 50.6 Å². The normalized spacial score (nSPS) is 20.6. The van der Waals surface area contributed by atoms with Crippen molar-refractivity contribution in [3.05, 3.63) is 29.8 Å². The van der Waals surface area contributed by atoms with Crippen LogP contribution in [0.25, 0.3) is 0 Å². The predicted molar refractivity (Wildman–Crippen MR) is 93.6 cm³/mol. The number of guanidine groups is 1. The van der Waals surface area contributed by atoms with E-state index in [4.69, 9.17) is 0 Å². The molecule has 0 amide bonds. The molecule has 0 spiro atoms. The first-order chi connectivity index (χ1) is 10.8. The highest BCUT2D eigenvalue weighted by atomic mass is 15.2. The molecule has 120 valence electrons. The lowest BCUT2D eigenvalue weighted by Crippen LogP contribution is -2.46. The van der Waals surface area contributed by atoms with E-state index in [0.717, 1.165) is 5.96 Å². The molecule has 1 aliphatic heterocycles. The molecule has 1 atom stereocenters. The zero-order chi connectivity index (χ0) is 15.4. The fraction of sp³-hybridized carbons (Fsp3) is 0.611. The summed E-state index contributed by atoms with van der Waals surface area (Å²) in [5.41, 5.74) is 2.67. The van der Waals surface area contributed by atoms with Crippen molar-refractivity contribution in [1.29, 1.82) is 0 Å². The van der Waals surface area contributed by atoms with Crippen LogP contribution in [-0.2, 0) is 0 Å². The maximum absolute atomic E-state index is 4.36. The van der Waals surface area contributed by atoms with Gasteiger partial charge in [-0.15, -0.1) is 0 Å². The van der Waals surface area contributed by atoms with Gasteiger partial charge in [0.05, 0.1) is 6.04 Å². The number of hydrogen-bond donors (Lipinski definition) is 2. The van der Waals surface area contributed by atoms with Crippen molar-refractivity contribution in [2.45, 2.75) is 51.1 Å². The smallest absolute Gasteiger partial charge is 0.191 e. The summed E-state index contributed by atoms with van der Waals surface area (Å²) in [5, 5.41) is 7.02. The molecule has 1 heterocycles. The molecule has 4 heteroatoms. The van der Waals surface area contributed by atoms with E-state index in [1.54, 1.807) is 0 Å². The summed E-state index contributed by atoms with van der Waals surface area (Å²) in [6.07, 6.45) is 6.49. The Balaban J connectivity index is 1.63. The lowest BCUT2D eigenvalue weighted by Gasteiger charge is -2.29. The van der Waals surface area contributed by atoms with Crippen molar-refractivity contribution in [3.8, 4) is 0 Å². The molecule has 0 bridgehead atoms. The van der Waals surface area contributed by atoms with Gasteiger partial charge in [0.15, 0.2) is 5.96 Å². The van der Waals surface area contributed by atoms with Gasteiger partial charge in [0, 0.05) is 31.9 Å². The fourth-order valence-corrected chi connectivity index (χ4v) is 3.17. The summed E-state index contributed by atoms with van der Waals surface area (Å²) in [5.74, 6) is 0.920. The number of nitrogens with zero attached hydrogens (tertiary/aromatic N) is 2. The maximum Gasteiger partial charge on any atom is 0.191 e. The van der Waals surface area contributed by atoms with Crippen LogP contribution in [0.2, 0.25) is 0 Å². The van der Waals surface area contributed by atoms with Gasteiger partial charge in [-0.25, -0.2) is 0 Å². The number of aliphatic imine (C=N–C) groups is 1. The second kappa shape index (κ2) is 7.03. The topological polar surface area (TPSA) is 39.7 Å². The molecule has 1 aliphatic carbocycles. The first-order valence-electron chi connectivity index (χ1n) is 8.61. The van der Waals surface area contributed by atoms with Crippen LogP contribution in [0.15, 0.2) is 29.3 Å². The maximum atomic E-state index is 4.36. The Bertz CT molecular complexity index is 516. The molecular weight excluding hydrogens is 272 g/mol. The number of benzene rings is 1. The molecule has 1 unspecified atom stereocenters. The summed E-state index contributed by atoms with van der Waals surface area (Å²) in [4.78, 5) is 6.84. The Labute approximate surface area is 134 Å². The Kier molecular flexibility index (Phi) is 4.86. The minimum Gasteiger partial charge on any atom is -0.372 e. The standard InChI is InChI=1S/C18H28N4/c1-14(20-18(19-2)21-16-8-6-9-16)15-7-5-10-17(13-15)22-11-3-4-12-22/h5,7,10,13-14,16H,3-4,6,8-9,11-12H2,1-2H3,(H2,19,20,21). The van der Waals surface area contributed by atoms with Crippen LogP contribution in [0.4, 0.5) is 5.69 Å². The van der Waals surface area contributed by atoms with Gasteiger partial charge in [-0.1, -0.05) is 12.1 Å². The van der Waals surface area contributed by atoms with Crippen LogP contribution in [0, 0.1) is 0 Å². The van der Waals surface area contributed by atoms with Gasteiger partial charge in [0.2, 0.25) is 0 Å². The molecule has 1 aromatic carbocycles. The molecular formula is C18H28N4. The third kappa shape index (κ3) is 3.54. The second-order valence-electron chi connectivity index (χ2n) is 6.50. The molecule has 2 N–H and O–H groups in total. The molecule has 3 rings (SSSR count). The number of anilines is 1. The summed E-state index contributed by atoms with van der Waals surface area (Å²) >= 11 is 0. The van der Waals surface area contributed by atoms with E-state index in [0.29, 0.717) is 6.04 Å². The molecule has 0 radical (unpaired) electrons. The SMILES string of the molecule is CN=C(NC1CCC1)NC(C)c1cccc(N2CCCC2)c1. The third-order valence-electron chi connectivity index (χ3n) is 4.86. The van der Waals surface area contributed by atoms with E-state index in [9.17, 15) is 0 Å². The zero-order valence-corrected chi connectivity index (χ0v) is 13.8. The number of rotatable bonds is 4. The van der Waals surface area contributed by atoms with Crippen LogP contribution >= 0.6 is 0 Å². The minimum absolute atomic E-state index is 0.258. The second-order valence-corrected chi connectivity index (χ2v) is 6.50. The molecule has 22 heavy (non-hydrogen) atoms. The Morgan fingerprint density at radius 3 is 2.64 bits per heavy atom. The van der Waals surface area contributed by atoms with Crippen molar-refractivity contribution < 1.29 is 0 Å². The number of hydrogen-bond acceptors (Lipinski definition) is 2. The molecule has 2 fully saturated rings. The summed E-state index contributed by atoms with van der Waals surface area (Å²) in [6.45, 7) is 4.59. The van der Waals surface area contributed by atoms with E-state index >= 15 is 0 Å². The lowest BCUT2D eigenvalue weighted by molar-refractivity contribution is 0.378. The van der Waals surface area contributed by atoms with Gasteiger partial charge in [0.1, 0.15) is 0 Å². The van der Waals surface area contributed by atoms with E-state index in [1.807, 2.05) is 7.05 Å². The largest absolute Gasteiger partial charge is 0.372 e. The average Bonchev–Trinajstić information content (AvgIpc) is 3.04. The van der Waals surface area contributed by atoms with Gasteiger partial charge in [-0.05, 0) is 56.7 Å². The van der Waals surface area contributed by atoms with Crippen LogP contribution in [0.5, 0.6) is 0 Å². The van der Waals surface area contributed by atoms with Gasteiger partial charge in [-0.3, -0.25) is 4.99 Å². The van der Waals surface area contributed by atoms with Gasteiger partial charge < -0.3 is 15.5 Å². The zero-order valence-electron chi connectivity index (χ0n) is 13.8. The first-order valence-corrected chi connectivity index (χ1v) is 8.61. The molecule has 0 aromatic heterocycles. The molecule has 2 aliphatic rings. The summed E-state index contributed by atoms with van der Waals surface area (Å²) in [7, 11) is 1.85. The van der Waals surface area contributed by atoms with Crippen LogP contribution in [0.3, 0.4) is 0 Å². The highest BCUT2D eigenvalue weighted by Crippen LogP contribution is 2.24. The lowest BCUT2D eigenvalue weighted by atomic mass is 9.93. The summed E-state index contributed by atoms with van der Waals surface area (Å²) in [6, 6.07) is 9.78. The van der Waals surface area contributed by atoms with Gasteiger partial charge in [-0.2, -0.15) is 0 Å².